The normalized spacial score (nSPS) is 10.5. The number of phenols is 1. The second-order valence-electron chi connectivity index (χ2n) is 5.54. The largest absolute Gasteiger partial charge is 0.507 e. The third-order valence-corrected chi connectivity index (χ3v) is 4.27. The summed E-state index contributed by atoms with van der Waals surface area (Å²) >= 11 is 0. The molecule has 4 aromatic rings. The van der Waals surface area contributed by atoms with Crippen LogP contribution in [0.2, 0.25) is 0 Å². The van der Waals surface area contributed by atoms with Gasteiger partial charge in [-0.15, -0.1) is 0 Å². The third kappa shape index (κ3) is 2.73. The number of aromatic hydroxyl groups is 1. The van der Waals surface area contributed by atoms with Gasteiger partial charge in [-0.1, -0.05) is 60.7 Å². The average molecular weight is 439 g/mol. The van der Waals surface area contributed by atoms with Crippen molar-refractivity contribution in [3.63, 3.8) is 0 Å². The van der Waals surface area contributed by atoms with E-state index in [-0.39, 0.29) is 41.3 Å². The van der Waals surface area contributed by atoms with Gasteiger partial charge >= 0.3 is 0 Å². The summed E-state index contributed by atoms with van der Waals surface area (Å²) in [7, 11) is 1.66. The fraction of sp³-hybridized carbons (Fsp3) is 0.0476. The first-order valence-corrected chi connectivity index (χ1v) is 7.56. The molecule has 0 bridgehead atoms. The van der Waals surface area contributed by atoms with Crippen LogP contribution in [-0.4, -0.2) is 12.2 Å². The van der Waals surface area contributed by atoms with E-state index in [1.54, 1.807) is 13.2 Å². The van der Waals surface area contributed by atoms with Crippen molar-refractivity contribution in [1.29, 1.82) is 0 Å². The van der Waals surface area contributed by atoms with Gasteiger partial charge in [-0.2, -0.15) is 0 Å². The maximum Gasteiger partial charge on any atom is 0.127 e. The quantitative estimate of drug-likeness (QED) is 0.455. The van der Waals surface area contributed by atoms with Crippen LogP contribution in [0.5, 0.6) is 11.5 Å². The van der Waals surface area contributed by atoms with E-state index in [1.165, 1.54) is 0 Å². The molecule has 115 valence electrons. The predicted octanol–water partition coefficient (Wildman–Crippen LogP) is 5.37. The van der Waals surface area contributed by atoms with Gasteiger partial charge in [0.15, 0.2) is 0 Å². The van der Waals surface area contributed by atoms with Gasteiger partial charge in [0, 0.05) is 46.7 Å². The van der Waals surface area contributed by atoms with Crippen LogP contribution in [-0.2, 0) is 0 Å². The van der Waals surface area contributed by atoms with Gasteiger partial charge in [-0.3, -0.25) is 0 Å². The van der Waals surface area contributed by atoms with Crippen LogP contribution in [0.4, 0.5) is 0 Å². The minimum Gasteiger partial charge on any atom is -0.507 e. The van der Waals surface area contributed by atoms with Gasteiger partial charge in [-0.05, 0) is 33.7 Å². The molecule has 24 heavy (non-hydrogen) atoms. The van der Waals surface area contributed by atoms with Crippen LogP contribution < -0.4 is 4.74 Å². The summed E-state index contributed by atoms with van der Waals surface area (Å²) in [5.41, 5.74) is 1.75. The summed E-state index contributed by atoms with van der Waals surface area (Å²) in [6.45, 7) is 0. The first-order chi connectivity index (χ1) is 11.3. The first kappa shape index (κ1) is 17.0. The molecule has 0 aliphatic heterocycles. The van der Waals surface area contributed by atoms with Crippen LogP contribution >= 0.6 is 0 Å². The molecule has 0 aliphatic carbocycles. The van der Waals surface area contributed by atoms with Crippen LogP contribution in [0.3, 0.4) is 0 Å². The summed E-state index contributed by atoms with van der Waals surface area (Å²) in [4.78, 5) is 0. The molecular weight excluding hydrogens is 423 g/mol. The molecule has 0 fully saturated rings. The number of methoxy groups -OCH3 is 1. The maximum atomic E-state index is 10.6. The van der Waals surface area contributed by atoms with Crippen molar-refractivity contribution in [2.24, 2.45) is 0 Å². The Kier molecular flexibility index (Phi) is 4.95. The topological polar surface area (TPSA) is 29.5 Å². The second-order valence-corrected chi connectivity index (χ2v) is 5.54. The monoisotopic (exact) mass is 439 g/mol. The van der Waals surface area contributed by atoms with E-state index >= 15 is 0 Å². The van der Waals surface area contributed by atoms with Crippen LogP contribution in [0.25, 0.3) is 32.7 Å². The molecular formula is C21H16LaO2. The predicted molar refractivity (Wildman–Crippen MR) is 95.1 cm³/mol. The number of benzene rings is 4. The maximum absolute atomic E-state index is 10.6. The third-order valence-electron chi connectivity index (χ3n) is 4.27. The molecule has 2 nitrogen and oxygen atoms in total. The van der Waals surface area contributed by atoms with Gasteiger partial charge in [0.25, 0.3) is 0 Å². The van der Waals surface area contributed by atoms with E-state index in [9.17, 15) is 5.11 Å². The van der Waals surface area contributed by atoms with E-state index in [2.05, 4.69) is 18.2 Å². The minimum atomic E-state index is 0. The Bertz CT molecular complexity index is 1020. The minimum absolute atomic E-state index is 0. The van der Waals surface area contributed by atoms with Crippen molar-refractivity contribution in [1.82, 2.24) is 0 Å². The van der Waals surface area contributed by atoms with E-state index in [0.29, 0.717) is 0 Å². The molecule has 1 N–H and O–H groups in total. The summed E-state index contributed by atoms with van der Waals surface area (Å²) in [6, 6.07) is 23.9. The van der Waals surface area contributed by atoms with Gasteiger partial charge < -0.3 is 9.84 Å². The van der Waals surface area contributed by atoms with Crippen molar-refractivity contribution < 1.29 is 45.4 Å². The Hall–Kier alpha value is -1.81. The summed E-state index contributed by atoms with van der Waals surface area (Å²) in [5, 5.41) is 14.9. The summed E-state index contributed by atoms with van der Waals surface area (Å²) < 4.78 is 5.60. The Morgan fingerprint density at radius 2 is 1.21 bits per heavy atom. The SMILES string of the molecule is COc1ccc2ccccc2c1-c1c(O)ccc2ccccc12.[La]. The summed E-state index contributed by atoms with van der Waals surface area (Å²) in [5.74, 6) is 1.02. The fourth-order valence-electron chi connectivity index (χ4n) is 3.20. The number of phenolic OH excluding ortho intramolecular Hbond substituents is 1. The molecule has 0 saturated carbocycles. The van der Waals surface area contributed by atoms with E-state index in [1.807, 2.05) is 48.5 Å². The Balaban J connectivity index is 0.00000169. The van der Waals surface area contributed by atoms with Crippen molar-refractivity contribution in [3.8, 4) is 22.6 Å². The molecule has 0 aliphatic rings. The van der Waals surface area contributed by atoms with Crippen molar-refractivity contribution in [2.45, 2.75) is 0 Å². The number of hydrogen-bond donors (Lipinski definition) is 1. The fourth-order valence-corrected chi connectivity index (χ4v) is 3.20. The zero-order valence-corrected chi connectivity index (χ0v) is 17.0. The zero-order valence-electron chi connectivity index (χ0n) is 13.4. The number of ether oxygens (including phenoxy) is 1. The first-order valence-electron chi connectivity index (χ1n) is 7.56. The van der Waals surface area contributed by atoms with Crippen molar-refractivity contribution in [3.05, 3.63) is 72.8 Å². The van der Waals surface area contributed by atoms with Gasteiger partial charge in [0.05, 0.1) is 7.11 Å². The summed E-state index contributed by atoms with van der Waals surface area (Å²) in [6.07, 6.45) is 0. The molecule has 0 heterocycles. The van der Waals surface area contributed by atoms with Gasteiger partial charge in [0.1, 0.15) is 11.5 Å². The molecule has 1 radical (unpaired) electrons. The van der Waals surface area contributed by atoms with E-state index in [4.69, 9.17) is 4.74 Å². The standard InChI is InChI=1S/C21H16O2.La/c1-23-19-13-11-15-7-3-5-9-17(15)21(19)20-16-8-4-2-6-14(16)10-12-18(20)22;/h2-13,22H,1H3;. The van der Waals surface area contributed by atoms with Crippen molar-refractivity contribution in [2.75, 3.05) is 7.11 Å². The molecule has 4 aromatic carbocycles. The van der Waals surface area contributed by atoms with E-state index < -0.39 is 0 Å². The molecule has 0 atom stereocenters. The van der Waals surface area contributed by atoms with Gasteiger partial charge in [-0.25, -0.2) is 0 Å². The van der Waals surface area contributed by atoms with Crippen LogP contribution in [0.1, 0.15) is 0 Å². The van der Waals surface area contributed by atoms with Crippen molar-refractivity contribution >= 4 is 21.5 Å². The smallest absolute Gasteiger partial charge is 0.127 e. The second kappa shape index (κ2) is 6.98. The Morgan fingerprint density at radius 1 is 0.667 bits per heavy atom. The molecule has 0 aromatic heterocycles. The number of fused-ring (bicyclic) bond motifs is 2. The van der Waals surface area contributed by atoms with E-state index in [0.717, 1.165) is 38.4 Å². The molecule has 0 spiro atoms. The zero-order chi connectivity index (χ0) is 15.8. The molecule has 0 saturated heterocycles. The molecule has 0 unspecified atom stereocenters. The molecule has 4 rings (SSSR count). The number of rotatable bonds is 2. The Labute approximate surface area is 168 Å². The Morgan fingerprint density at radius 3 is 1.83 bits per heavy atom. The van der Waals surface area contributed by atoms with Crippen LogP contribution in [0.15, 0.2) is 72.8 Å². The molecule has 0 amide bonds. The average Bonchev–Trinajstić information content (AvgIpc) is 2.61. The van der Waals surface area contributed by atoms with Crippen LogP contribution in [0, 0.1) is 35.6 Å². The number of hydrogen-bond acceptors (Lipinski definition) is 2. The van der Waals surface area contributed by atoms with Gasteiger partial charge in [0.2, 0.25) is 0 Å². The molecule has 3 heteroatoms.